The van der Waals surface area contributed by atoms with Crippen molar-refractivity contribution in [3.05, 3.63) is 53.7 Å². The maximum Gasteiger partial charge on any atom is 0.198 e. The number of carbonyl (C=O) groups excluding carboxylic acids is 1. The molecule has 0 bridgehead atoms. The first-order chi connectivity index (χ1) is 10.2. The molecule has 0 aliphatic rings. The van der Waals surface area contributed by atoms with Crippen LogP contribution in [-0.4, -0.2) is 16.6 Å². The fraction of sp³-hybridized carbons (Fsp3) is 0.412. The number of ketones is 1. The molecule has 21 heavy (non-hydrogen) atoms. The van der Waals surface area contributed by atoms with Gasteiger partial charge in [0.1, 0.15) is 6.26 Å². The van der Waals surface area contributed by atoms with Gasteiger partial charge in [-0.15, -0.1) is 11.6 Å². The van der Waals surface area contributed by atoms with Gasteiger partial charge in [0, 0.05) is 17.9 Å². The van der Waals surface area contributed by atoms with Crippen LogP contribution in [0.15, 0.2) is 41.1 Å². The molecule has 0 spiro atoms. The predicted molar refractivity (Wildman–Crippen MR) is 86.0 cm³/mol. The Labute approximate surface area is 131 Å². The third-order valence-corrected chi connectivity index (χ3v) is 3.18. The number of unbranched alkanes of at least 4 members (excludes halogenated alkanes) is 2. The van der Waals surface area contributed by atoms with E-state index >= 15 is 0 Å². The number of hydrogen-bond donors (Lipinski definition) is 0. The molecular formula is C17H22ClNO2. The van der Waals surface area contributed by atoms with Crippen LogP contribution in [0.25, 0.3) is 0 Å². The van der Waals surface area contributed by atoms with E-state index in [1.165, 1.54) is 19.3 Å². The Balaban J connectivity index is 0.000000315. The molecule has 0 radical (unpaired) electrons. The SMILES string of the molecule is CC(=O)c1cccc(Cc2ncco2)c1.CCCCCCl. The number of halogens is 1. The molecule has 0 atom stereocenters. The van der Waals surface area contributed by atoms with Gasteiger partial charge in [0.25, 0.3) is 0 Å². The van der Waals surface area contributed by atoms with Crippen molar-refractivity contribution in [2.45, 2.75) is 39.5 Å². The fourth-order valence-corrected chi connectivity index (χ4v) is 1.95. The summed E-state index contributed by atoms with van der Waals surface area (Å²) in [5, 5.41) is 0. The first kappa shape index (κ1) is 17.4. The van der Waals surface area contributed by atoms with E-state index in [0.717, 1.165) is 17.0 Å². The van der Waals surface area contributed by atoms with Gasteiger partial charge in [0.05, 0.1) is 6.20 Å². The molecule has 0 N–H and O–H groups in total. The number of oxazole rings is 1. The van der Waals surface area contributed by atoms with E-state index in [4.69, 9.17) is 16.0 Å². The zero-order valence-corrected chi connectivity index (χ0v) is 13.4. The van der Waals surface area contributed by atoms with Gasteiger partial charge in [-0.25, -0.2) is 4.98 Å². The highest BCUT2D eigenvalue weighted by atomic mass is 35.5. The zero-order valence-electron chi connectivity index (χ0n) is 12.6. The molecule has 1 aromatic carbocycles. The smallest absolute Gasteiger partial charge is 0.198 e. The normalized spacial score (nSPS) is 9.86. The molecule has 0 saturated carbocycles. The van der Waals surface area contributed by atoms with Crippen molar-refractivity contribution >= 4 is 17.4 Å². The van der Waals surface area contributed by atoms with Crippen molar-refractivity contribution in [3.63, 3.8) is 0 Å². The van der Waals surface area contributed by atoms with Gasteiger partial charge in [-0.05, 0) is 25.0 Å². The summed E-state index contributed by atoms with van der Waals surface area (Å²) in [5.74, 6) is 1.56. The topological polar surface area (TPSA) is 43.1 Å². The van der Waals surface area contributed by atoms with Gasteiger partial charge >= 0.3 is 0 Å². The predicted octanol–water partition coefficient (Wildman–Crippen LogP) is 4.88. The Morgan fingerprint density at radius 3 is 2.67 bits per heavy atom. The van der Waals surface area contributed by atoms with Crippen molar-refractivity contribution in [1.29, 1.82) is 0 Å². The molecule has 0 unspecified atom stereocenters. The van der Waals surface area contributed by atoms with Crippen molar-refractivity contribution in [3.8, 4) is 0 Å². The Morgan fingerprint density at radius 2 is 2.14 bits per heavy atom. The van der Waals surface area contributed by atoms with Gasteiger partial charge in [-0.2, -0.15) is 0 Å². The first-order valence-corrected chi connectivity index (χ1v) is 7.75. The van der Waals surface area contributed by atoms with E-state index in [9.17, 15) is 4.79 Å². The lowest BCUT2D eigenvalue weighted by Crippen LogP contribution is -1.94. The summed E-state index contributed by atoms with van der Waals surface area (Å²) in [4.78, 5) is 15.2. The van der Waals surface area contributed by atoms with E-state index in [2.05, 4.69) is 11.9 Å². The van der Waals surface area contributed by atoms with Crippen molar-refractivity contribution in [1.82, 2.24) is 4.98 Å². The molecule has 0 fully saturated rings. The number of alkyl halides is 1. The molecule has 4 heteroatoms. The van der Waals surface area contributed by atoms with Crippen LogP contribution in [0.2, 0.25) is 0 Å². The summed E-state index contributed by atoms with van der Waals surface area (Å²) in [6, 6.07) is 7.50. The lowest BCUT2D eigenvalue weighted by molar-refractivity contribution is 0.101. The average molecular weight is 308 g/mol. The molecule has 2 rings (SSSR count). The standard InChI is InChI=1S/C12H11NO2.C5H11Cl/c1-9(14)11-4-2-3-10(7-11)8-12-13-5-6-15-12;1-2-3-4-5-6/h2-7H,8H2,1H3;2-5H2,1H3. The van der Waals surface area contributed by atoms with Crippen LogP contribution in [-0.2, 0) is 6.42 Å². The zero-order chi connectivity index (χ0) is 15.5. The lowest BCUT2D eigenvalue weighted by Gasteiger charge is -2.00. The maximum atomic E-state index is 11.2. The highest BCUT2D eigenvalue weighted by molar-refractivity contribution is 6.17. The maximum absolute atomic E-state index is 11.2. The van der Waals surface area contributed by atoms with Crippen LogP contribution < -0.4 is 0 Å². The number of nitrogens with zero attached hydrogens (tertiary/aromatic N) is 1. The van der Waals surface area contributed by atoms with Gasteiger partial charge in [0.2, 0.25) is 0 Å². The summed E-state index contributed by atoms with van der Waals surface area (Å²) in [6.45, 7) is 3.73. The molecule has 0 aliphatic carbocycles. The van der Waals surface area contributed by atoms with Gasteiger partial charge < -0.3 is 4.42 Å². The van der Waals surface area contributed by atoms with Gasteiger partial charge in [-0.3, -0.25) is 4.79 Å². The van der Waals surface area contributed by atoms with Gasteiger partial charge in [0.15, 0.2) is 11.7 Å². The van der Waals surface area contributed by atoms with Crippen LogP contribution in [0.1, 0.15) is 54.9 Å². The minimum absolute atomic E-state index is 0.0734. The van der Waals surface area contributed by atoms with Crippen LogP contribution in [0.5, 0.6) is 0 Å². The number of benzene rings is 1. The molecule has 3 nitrogen and oxygen atoms in total. The van der Waals surface area contributed by atoms with Crippen LogP contribution in [0.4, 0.5) is 0 Å². The monoisotopic (exact) mass is 307 g/mol. The van der Waals surface area contributed by atoms with Crippen molar-refractivity contribution < 1.29 is 9.21 Å². The lowest BCUT2D eigenvalue weighted by atomic mass is 10.1. The van der Waals surface area contributed by atoms with E-state index in [0.29, 0.717) is 12.3 Å². The van der Waals surface area contributed by atoms with E-state index in [1.54, 1.807) is 25.5 Å². The average Bonchev–Trinajstić information content (AvgIpc) is 2.99. The number of hydrogen-bond acceptors (Lipinski definition) is 3. The quantitative estimate of drug-likeness (QED) is 0.434. The second-order valence-electron chi connectivity index (χ2n) is 4.76. The number of aromatic nitrogens is 1. The summed E-state index contributed by atoms with van der Waals surface area (Å²) in [5.41, 5.74) is 1.75. The fourth-order valence-electron chi connectivity index (χ4n) is 1.76. The summed E-state index contributed by atoms with van der Waals surface area (Å²) >= 11 is 5.38. The number of Topliss-reactive ketones (excluding diaryl/α,β-unsaturated/α-hetero) is 1. The van der Waals surface area contributed by atoms with Crippen LogP contribution in [0.3, 0.4) is 0 Å². The van der Waals surface area contributed by atoms with Gasteiger partial charge in [-0.1, -0.05) is 38.0 Å². The van der Waals surface area contributed by atoms with E-state index < -0.39 is 0 Å². The molecular weight excluding hydrogens is 286 g/mol. The number of carbonyl (C=O) groups is 1. The molecule has 114 valence electrons. The minimum Gasteiger partial charge on any atom is -0.449 e. The molecule has 0 aliphatic heterocycles. The van der Waals surface area contributed by atoms with Crippen LogP contribution >= 0.6 is 11.6 Å². The van der Waals surface area contributed by atoms with E-state index in [-0.39, 0.29) is 5.78 Å². The Hall–Kier alpha value is -1.61. The summed E-state index contributed by atoms with van der Waals surface area (Å²) < 4.78 is 5.14. The van der Waals surface area contributed by atoms with Crippen molar-refractivity contribution in [2.75, 3.05) is 5.88 Å². The largest absolute Gasteiger partial charge is 0.449 e. The van der Waals surface area contributed by atoms with Crippen LogP contribution in [0, 0.1) is 0 Å². The summed E-state index contributed by atoms with van der Waals surface area (Å²) in [6.07, 6.45) is 7.51. The Kier molecular flexibility index (Phi) is 8.44. The Morgan fingerprint density at radius 1 is 1.33 bits per heavy atom. The third kappa shape index (κ3) is 7.09. The first-order valence-electron chi connectivity index (χ1n) is 7.21. The second-order valence-corrected chi connectivity index (χ2v) is 5.13. The number of rotatable bonds is 6. The third-order valence-electron chi connectivity index (χ3n) is 2.91. The molecule has 1 aromatic heterocycles. The van der Waals surface area contributed by atoms with Crippen molar-refractivity contribution in [2.24, 2.45) is 0 Å². The highest BCUT2D eigenvalue weighted by Crippen LogP contribution is 2.10. The highest BCUT2D eigenvalue weighted by Gasteiger charge is 2.03. The Bertz CT molecular complexity index is 519. The molecule has 1 heterocycles. The van der Waals surface area contributed by atoms with E-state index in [1.807, 2.05) is 18.2 Å². The molecule has 0 saturated heterocycles. The molecule has 2 aromatic rings. The minimum atomic E-state index is 0.0734. The summed E-state index contributed by atoms with van der Waals surface area (Å²) in [7, 11) is 0. The second kappa shape index (κ2) is 10.2. The molecule has 0 amide bonds.